The van der Waals surface area contributed by atoms with Gasteiger partial charge >= 0.3 is 0 Å². The molecule has 0 aromatic carbocycles. The Balaban J connectivity index is 3.53. The van der Waals surface area contributed by atoms with E-state index in [-0.39, 0.29) is 11.7 Å². The van der Waals surface area contributed by atoms with Crippen molar-refractivity contribution in [2.45, 2.75) is 148 Å². The van der Waals surface area contributed by atoms with Gasteiger partial charge in [-0.25, -0.2) is 14.3 Å². The number of carbonyl (C=O) groups is 1. The molecule has 0 aromatic rings. The maximum atomic E-state index is 12.3. The van der Waals surface area contributed by atoms with E-state index in [0.29, 0.717) is 51.0 Å². The van der Waals surface area contributed by atoms with Gasteiger partial charge in [0.2, 0.25) is 15.9 Å². The molecular formula is C29H59N3O4S. The van der Waals surface area contributed by atoms with Gasteiger partial charge in [0.1, 0.15) is 0 Å². The first-order valence-electron chi connectivity index (χ1n) is 15.2. The van der Waals surface area contributed by atoms with Crippen LogP contribution in [0, 0.1) is 0 Å². The topological polar surface area (TPSA) is 111 Å². The number of amides is 1. The maximum absolute atomic E-state index is 12.3. The predicted octanol–water partition coefficient (Wildman–Crippen LogP) is 7.03. The fraction of sp³-hybridized carbons (Fsp3) is 0.897. The van der Waals surface area contributed by atoms with E-state index in [2.05, 4.69) is 28.4 Å². The van der Waals surface area contributed by atoms with Crippen molar-refractivity contribution in [3.8, 4) is 0 Å². The predicted molar refractivity (Wildman–Crippen MR) is 156 cm³/mol. The first-order valence-corrected chi connectivity index (χ1v) is 16.8. The fourth-order valence-electron chi connectivity index (χ4n) is 4.41. The Hall–Kier alpha value is -1.12. The quantitative estimate of drug-likeness (QED) is 0.0690. The molecule has 1 amide bonds. The highest BCUT2D eigenvalue weighted by molar-refractivity contribution is 7.89. The van der Waals surface area contributed by atoms with Crippen molar-refractivity contribution < 1.29 is 18.0 Å². The summed E-state index contributed by atoms with van der Waals surface area (Å²) < 4.78 is 27.1. The lowest BCUT2D eigenvalue weighted by atomic mass is 10.0. The number of rotatable bonds is 29. The number of carbonyl (C=O) groups excluding carboxylic acids is 1. The third-order valence-corrected chi connectivity index (χ3v) is 8.14. The van der Waals surface area contributed by atoms with Crippen LogP contribution in [0.25, 0.3) is 0 Å². The van der Waals surface area contributed by atoms with Gasteiger partial charge in [-0.15, -0.1) is 0 Å². The Labute approximate surface area is 229 Å². The smallest absolute Gasteiger partial charge is 0.232 e. The summed E-state index contributed by atoms with van der Waals surface area (Å²) in [7, 11) is -3.35. The lowest BCUT2D eigenvalue weighted by Gasteiger charge is -2.10. The Morgan fingerprint density at radius 3 is 1.73 bits per heavy atom. The molecule has 7 nitrogen and oxygen atoms in total. The fourth-order valence-corrected chi connectivity index (χ4v) is 5.64. The molecule has 0 atom stereocenters. The van der Waals surface area contributed by atoms with Crippen LogP contribution in [0.5, 0.6) is 0 Å². The van der Waals surface area contributed by atoms with Crippen molar-refractivity contribution >= 4 is 15.9 Å². The number of nitrogens with two attached hydrogens (primary N) is 1. The third kappa shape index (κ3) is 27.7. The molecule has 220 valence electrons. The molecule has 0 saturated carbocycles. The first kappa shape index (κ1) is 35.9. The van der Waals surface area contributed by atoms with Crippen LogP contribution in [0.2, 0.25) is 0 Å². The Morgan fingerprint density at radius 2 is 1.19 bits per heavy atom. The van der Waals surface area contributed by atoms with Crippen LogP contribution in [-0.4, -0.2) is 33.2 Å². The van der Waals surface area contributed by atoms with Gasteiger partial charge in [0.25, 0.3) is 0 Å². The third-order valence-electron chi connectivity index (χ3n) is 6.71. The standard InChI is InChI=1S/C29H59N3O4S/c1-3-4-5-6-7-8-9-10-11-12-13-14-15-16-18-23-28(2)32-37(34,35)27-22-17-19-24-29(33)31-25-20-21-26-36-30/h32H,2-27,30H2,1H3,(H,31,33). The minimum Gasteiger partial charge on any atom is -0.356 e. The average Bonchev–Trinajstić information content (AvgIpc) is 2.85. The zero-order valence-corrected chi connectivity index (χ0v) is 24.8. The molecule has 0 bridgehead atoms. The normalized spacial score (nSPS) is 11.5. The largest absolute Gasteiger partial charge is 0.356 e. The van der Waals surface area contributed by atoms with Crippen molar-refractivity contribution in [3.05, 3.63) is 12.3 Å². The van der Waals surface area contributed by atoms with Crippen molar-refractivity contribution in [2.24, 2.45) is 5.90 Å². The zero-order valence-electron chi connectivity index (χ0n) is 24.0. The van der Waals surface area contributed by atoms with Gasteiger partial charge in [0.15, 0.2) is 0 Å². The van der Waals surface area contributed by atoms with E-state index in [1.54, 1.807) is 0 Å². The van der Waals surface area contributed by atoms with Crippen molar-refractivity contribution in [1.29, 1.82) is 0 Å². The molecule has 0 unspecified atom stereocenters. The summed E-state index contributed by atoms with van der Waals surface area (Å²) in [5, 5.41) is 2.85. The molecule has 0 aliphatic heterocycles. The first-order chi connectivity index (χ1) is 17.9. The molecule has 0 saturated heterocycles. The van der Waals surface area contributed by atoms with Gasteiger partial charge in [-0.05, 0) is 38.5 Å². The molecule has 37 heavy (non-hydrogen) atoms. The molecular weight excluding hydrogens is 486 g/mol. The minimum absolute atomic E-state index is 0.00604. The molecule has 0 heterocycles. The SMILES string of the molecule is C=C(CCCCCCCCCCCCCCCCC)NS(=O)(=O)CCCCCC(=O)NCCCCON. The Bertz CT molecular complexity index is 641. The summed E-state index contributed by atoms with van der Waals surface area (Å²) in [6, 6.07) is 0. The summed E-state index contributed by atoms with van der Waals surface area (Å²) >= 11 is 0. The van der Waals surface area contributed by atoms with Gasteiger partial charge in [-0.3, -0.25) is 9.52 Å². The van der Waals surface area contributed by atoms with Crippen LogP contribution in [0.4, 0.5) is 0 Å². The van der Waals surface area contributed by atoms with Crippen LogP contribution < -0.4 is 15.9 Å². The van der Waals surface area contributed by atoms with Gasteiger partial charge in [-0.1, -0.05) is 110 Å². The second kappa shape index (κ2) is 26.5. The van der Waals surface area contributed by atoms with Gasteiger partial charge < -0.3 is 10.2 Å². The van der Waals surface area contributed by atoms with E-state index in [4.69, 9.17) is 5.90 Å². The summed E-state index contributed by atoms with van der Waals surface area (Å²) in [5.74, 6) is 5.03. The van der Waals surface area contributed by atoms with E-state index < -0.39 is 10.0 Å². The summed E-state index contributed by atoms with van der Waals surface area (Å²) in [5.41, 5.74) is 0.592. The van der Waals surface area contributed by atoms with Crippen LogP contribution in [-0.2, 0) is 19.7 Å². The highest BCUT2D eigenvalue weighted by atomic mass is 32.2. The van der Waals surface area contributed by atoms with E-state index in [1.807, 2.05) is 0 Å². The number of hydrogen-bond acceptors (Lipinski definition) is 5. The molecule has 8 heteroatoms. The highest BCUT2D eigenvalue weighted by Gasteiger charge is 2.11. The average molecular weight is 546 g/mol. The van der Waals surface area contributed by atoms with E-state index in [0.717, 1.165) is 25.7 Å². The van der Waals surface area contributed by atoms with E-state index in [1.165, 1.54) is 83.5 Å². The molecule has 4 N–H and O–H groups in total. The van der Waals surface area contributed by atoms with Crippen molar-refractivity contribution in [2.75, 3.05) is 18.9 Å². The molecule has 0 aromatic heterocycles. The summed E-state index contributed by atoms with van der Waals surface area (Å²) in [6.07, 6.45) is 24.5. The minimum atomic E-state index is -3.35. The number of hydrogen-bond donors (Lipinski definition) is 3. The summed E-state index contributed by atoms with van der Waals surface area (Å²) in [4.78, 5) is 16.2. The molecule has 0 aliphatic rings. The van der Waals surface area contributed by atoms with Gasteiger partial charge in [0, 0.05) is 18.7 Å². The van der Waals surface area contributed by atoms with Crippen LogP contribution in [0.1, 0.15) is 148 Å². The lowest BCUT2D eigenvalue weighted by molar-refractivity contribution is -0.121. The highest BCUT2D eigenvalue weighted by Crippen LogP contribution is 2.14. The second-order valence-corrected chi connectivity index (χ2v) is 12.3. The monoisotopic (exact) mass is 545 g/mol. The maximum Gasteiger partial charge on any atom is 0.232 e. The Kier molecular flexibility index (Phi) is 25.7. The van der Waals surface area contributed by atoms with Crippen molar-refractivity contribution in [1.82, 2.24) is 10.0 Å². The van der Waals surface area contributed by atoms with E-state index >= 15 is 0 Å². The number of unbranched alkanes of at least 4 members (excludes halogenated alkanes) is 17. The van der Waals surface area contributed by atoms with Gasteiger partial charge in [-0.2, -0.15) is 0 Å². The molecule has 0 spiro atoms. The lowest BCUT2D eigenvalue weighted by Crippen LogP contribution is -2.26. The molecule has 0 rings (SSSR count). The Morgan fingerprint density at radius 1 is 0.703 bits per heavy atom. The summed E-state index contributed by atoms with van der Waals surface area (Å²) in [6.45, 7) is 7.27. The van der Waals surface area contributed by atoms with Crippen LogP contribution >= 0.6 is 0 Å². The molecule has 0 radical (unpaired) electrons. The number of allylic oxidation sites excluding steroid dienone is 1. The second-order valence-electron chi connectivity index (χ2n) is 10.5. The van der Waals surface area contributed by atoms with Crippen LogP contribution in [0.3, 0.4) is 0 Å². The van der Waals surface area contributed by atoms with Crippen LogP contribution in [0.15, 0.2) is 12.3 Å². The molecule has 0 fully saturated rings. The van der Waals surface area contributed by atoms with Crippen molar-refractivity contribution in [3.63, 3.8) is 0 Å². The number of sulfonamides is 1. The van der Waals surface area contributed by atoms with E-state index in [9.17, 15) is 13.2 Å². The zero-order chi connectivity index (χ0) is 27.5. The number of nitrogens with one attached hydrogen (secondary N) is 2. The molecule has 0 aliphatic carbocycles. The van der Waals surface area contributed by atoms with Gasteiger partial charge in [0.05, 0.1) is 12.4 Å².